The molecule has 1 unspecified atom stereocenters. The van der Waals surface area contributed by atoms with Gasteiger partial charge in [0.05, 0.1) is 12.7 Å². The van der Waals surface area contributed by atoms with Crippen LogP contribution in [0.25, 0.3) is 11.1 Å². The number of amides is 3. The fourth-order valence-electron chi connectivity index (χ4n) is 3.39. The molecule has 0 fully saturated rings. The van der Waals surface area contributed by atoms with E-state index in [-0.39, 0.29) is 16.8 Å². The maximum Gasteiger partial charge on any atom is 0.417 e. The van der Waals surface area contributed by atoms with Gasteiger partial charge in [-0.05, 0) is 42.0 Å². The predicted molar refractivity (Wildman–Crippen MR) is 103 cm³/mol. The second-order valence-corrected chi connectivity index (χ2v) is 6.92. The standard InChI is InChI=1S/C20H15F4N5O2/c21-14-4-1-11(2-5-14)17(30)25-10-19(20(22,23)24)15-7-12(13-8-26-27-9-13)3-6-16(15)28-18(31)29-19/h1-9H,10H2,(H,25,30)(H,26,27)(H2,28,29,31). The van der Waals surface area contributed by atoms with E-state index in [0.29, 0.717) is 11.1 Å². The summed E-state index contributed by atoms with van der Waals surface area (Å²) in [6.45, 7) is -0.970. The second kappa shape index (κ2) is 7.42. The van der Waals surface area contributed by atoms with Crippen LogP contribution in [0.15, 0.2) is 54.9 Å². The smallest absolute Gasteiger partial charge is 0.349 e. The molecule has 0 saturated carbocycles. The molecule has 1 aliphatic rings. The summed E-state index contributed by atoms with van der Waals surface area (Å²) in [4.78, 5) is 24.4. The van der Waals surface area contributed by atoms with Crippen molar-refractivity contribution in [3.05, 3.63) is 71.8 Å². The van der Waals surface area contributed by atoms with E-state index < -0.39 is 36.0 Å². The first-order valence-corrected chi connectivity index (χ1v) is 9.03. The molecule has 0 bridgehead atoms. The number of carbonyl (C=O) groups is 2. The summed E-state index contributed by atoms with van der Waals surface area (Å²) in [6.07, 6.45) is -1.99. The summed E-state index contributed by atoms with van der Waals surface area (Å²) >= 11 is 0. The second-order valence-electron chi connectivity index (χ2n) is 6.92. The summed E-state index contributed by atoms with van der Waals surface area (Å²) in [5, 5.41) is 12.9. The first kappa shape index (κ1) is 20.4. The van der Waals surface area contributed by atoms with Crippen LogP contribution in [0.1, 0.15) is 15.9 Å². The average Bonchev–Trinajstić information content (AvgIpc) is 3.26. The Bertz CT molecular complexity index is 1130. The van der Waals surface area contributed by atoms with Gasteiger partial charge in [-0.2, -0.15) is 18.3 Å². The summed E-state index contributed by atoms with van der Waals surface area (Å²) < 4.78 is 56.2. The highest BCUT2D eigenvalue weighted by Crippen LogP contribution is 2.45. The molecule has 3 aromatic rings. The van der Waals surface area contributed by atoms with Crippen LogP contribution in [-0.4, -0.2) is 34.9 Å². The van der Waals surface area contributed by atoms with Crippen molar-refractivity contribution < 1.29 is 27.2 Å². The molecule has 1 atom stereocenters. The van der Waals surface area contributed by atoms with Gasteiger partial charge >= 0.3 is 12.2 Å². The zero-order valence-electron chi connectivity index (χ0n) is 15.7. The minimum Gasteiger partial charge on any atom is -0.349 e. The molecule has 7 nitrogen and oxygen atoms in total. The molecule has 1 aliphatic heterocycles. The summed E-state index contributed by atoms with van der Waals surface area (Å²) in [5.41, 5.74) is -2.23. The number of H-pyrrole nitrogens is 1. The van der Waals surface area contributed by atoms with Crippen molar-refractivity contribution in [3.8, 4) is 11.1 Å². The van der Waals surface area contributed by atoms with Crippen molar-refractivity contribution in [2.24, 2.45) is 0 Å². The number of nitrogens with one attached hydrogen (secondary N) is 4. The molecule has 11 heteroatoms. The number of urea groups is 1. The van der Waals surface area contributed by atoms with Crippen LogP contribution in [0.3, 0.4) is 0 Å². The lowest BCUT2D eigenvalue weighted by Gasteiger charge is -2.41. The fourth-order valence-corrected chi connectivity index (χ4v) is 3.39. The van der Waals surface area contributed by atoms with Crippen LogP contribution in [0.5, 0.6) is 0 Å². The summed E-state index contributed by atoms with van der Waals surface area (Å²) in [7, 11) is 0. The minimum absolute atomic E-state index is 0.0219. The van der Waals surface area contributed by atoms with Crippen molar-refractivity contribution in [1.29, 1.82) is 0 Å². The molecule has 0 aliphatic carbocycles. The van der Waals surface area contributed by atoms with E-state index in [4.69, 9.17) is 0 Å². The van der Waals surface area contributed by atoms with E-state index in [2.05, 4.69) is 20.8 Å². The topological polar surface area (TPSA) is 98.9 Å². The SMILES string of the molecule is O=C1Nc2ccc(-c3cn[nH]c3)cc2C(CNC(=O)c2ccc(F)cc2)(C(F)(F)F)N1. The Morgan fingerprint density at radius 2 is 1.84 bits per heavy atom. The van der Waals surface area contributed by atoms with E-state index in [9.17, 15) is 27.2 Å². The van der Waals surface area contributed by atoms with E-state index in [1.807, 2.05) is 5.32 Å². The van der Waals surface area contributed by atoms with Crippen LogP contribution in [0.4, 0.5) is 28.0 Å². The van der Waals surface area contributed by atoms with Crippen molar-refractivity contribution in [1.82, 2.24) is 20.8 Å². The van der Waals surface area contributed by atoms with E-state index in [1.54, 1.807) is 6.07 Å². The molecular weight excluding hydrogens is 418 g/mol. The van der Waals surface area contributed by atoms with Crippen LogP contribution in [0, 0.1) is 5.82 Å². The molecule has 4 rings (SSSR count). The molecule has 2 heterocycles. The van der Waals surface area contributed by atoms with Gasteiger partial charge in [0.1, 0.15) is 5.82 Å². The summed E-state index contributed by atoms with van der Waals surface area (Å²) in [6, 6.07) is 7.47. The zero-order valence-corrected chi connectivity index (χ0v) is 15.7. The summed E-state index contributed by atoms with van der Waals surface area (Å²) in [5.74, 6) is -1.43. The Hall–Kier alpha value is -3.89. The van der Waals surface area contributed by atoms with Crippen LogP contribution < -0.4 is 16.0 Å². The number of halogens is 4. The molecule has 0 spiro atoms. The predicted octanol–water partition coefficient (Wildman–Crippen LogP) is 3.54. The number of aromatic amines is 1. The van der Waals surface area contributed by atoms with E-state index in [0.717, 1.165) is 24.3 Å². The van der Waals surface area contributed by atoms with Crippen LogP contribution in [-0.2, 0) is 5.54 Å². The number of anilines is 1. The molecule has 160 valence electrons. The Morgan fingerprint density at radius 3 is 2.48 bits per heavy atom. The van der Waals surface area contributed by atoms with Crippen LogP contribution in [0.2, 0.25) is 0 Å². The molecule has 1 aromatic heterocycles. The maximum atomic E-state index is 14.4. The minimum atomic E-state index is -4.95. The highest BCUT2D eigenvalue weighted by atomic mass is 19.4. The Morgan fingerprint density at radius 1 is 1.10 bits per heavy atom. The zero-order chi connectivity index (χ0) is 22.2. The van der Waals surface area contributed by atoms with Gasteiger partial charge in [-0.1, -0.05) is 6.07 Å². The van der Waals surface area contributed by atoms with Gasteiger partial charge in [-0.3, -0.25) is 9.89 Å². The van der Waals surface area contributed by atoms with Gasteiger partial charge in [0.2, 0.25) is 0 Å². The molecule has 0 saturated heterocycles. The number of alkyl halides is 3. The molecule has 2 aromatic carbocycles. The Labute approximate surface area is 172 Å². The number of rotatable bonds is 4. The van der Waals surface area contributed by atoms with Crippen LogP contribution >= 0.6 is 0 Å². The number of nitrogens with zero attached hydrogens (tertiary/aromatic N) is 1. The lowest BCUT2D eigenvalue weighted by atomic mass is 9.84. The molecule has 3 amide bonds. The van der Waals surface area contributed by atoms with Crippen molar-refractivity contribution >= 4 is 17.6 Å². The van der Waals surface area contributed by atoms with Crippen molar-refractivity contribution in [3.63, 3.8) is 0 Å². The largest absolute Gasteiger partial charge is 0.417 e. The van der Waals surface area contributed by atoms with Gasteiger partial charge in [0.25, 0.3) is 5.91 Å². The Balaban J connectivity index is 1.74. The maximum absolute atomic E-state index is 14.4. The third-order valence-electron chi connectivity index (χ3n) is 4.99. The third kappa shape index (κ3) is 3.69. The normalized spacial score (nSPS) is 18.0. The van der Waals surface area contributed by atoms with E-state index in [1.165, 1.54) is 24.5 Å². The molecular formula is C20H15F4N5O2. The Kier molecular flexibility index (Phi) is 4.88. The van der Waals surface area contributed by atoms with Gasteiger partial charge in [0.15, 0.2) is 5.54 Å². The number of aromatic nitrogens is 2. The van der Waals surface area contributed by atoms with Crippen molar-refractivity contribution in [2.75, 3.05) is 11.9 Å². The lowest BCUT2D eigenvalue weighted by Crippen LogP contribution is -2.64. The molecule has 0 radical (unpaired) electrons. The fraction of sp³-hybridized carbons (Fsp3) is 0.150. The van der Waals surface area contributed by atoms with E-state index >= 15 is 0 Å². The first-order valence-electron chi connectivity index (χ1n) is 9.03. The molecule has 31 heavy (non-hydrogen) atoms. The lowest BCUT2D eigenvalue weighted by molar-refractivity contribution is -0.195. The van der Waals surface area contributed by atoms with Gasteiger partial charge in [-0.15, -0.1) is 0 Å². The van der Waals surface area contributed by atoms with Gasteiger partial charge in [0, 0.05) is 28.6 Å². The van der Waals surface area contributed by atoms with Gasteiger partial charge in [-0.25, -0.2) is 9.18 Å². The monoisotopic (exact) mass is 433 g/mol. The number of benzene rings is 2. The number of carbonyl (C=O) groups excluding carboxylic acids is 2. The highest BCUT2D eigenvalue weighted by molar-refractivity contribution is 5.96. The number of hydrogen-bond donors (Lipinski definition) is 4. The number of fused-ring (bicyclic) bond motifs is 1. The quantitative estimate of drug-likeness (QED) is 0.474. The first-order chi connectivity index (χ1) is 14.7. The molecule has 4 N–H and O–H groups in total. The third-order valence-corrected chi connectivity index (χ3v) is 4.99. The highest BCUT2D eigenvalue weighted by Gasteiger charge is 2.59. The number of hydrogen-bond acceptors (Lipinski definition) is 3. The average molecular weight is 433 g/mol. The van der Waals surface area contributed by atoms with Crippen molar-refractivity contribution in [2.45, 2.75) is 11.7 Å². The van der Waals surface area contributed by atoms with Gasteiger partial charge < -0.3 is 16.0 Å².